The van der Waals surface area contributed by atoms with Gasteiger partial charge in [0.2, 0.25) is 0 Å². The maximum atomic E-state index is 6.17. The zero-order chi connectivity index (χ0) is 15.8. The highest BCUT2D eigenvalue weighted by molar-refractivity contribution is 9.10. The van der Waals surface area contributed by atoms with Crippen molar-refractivity contribution in [1.29, 1.82) is 0 Å². The van der Waals surface area contributed by atoms with Crippen molar-refractivity contribution in [2.45, 2.75) is 25.0 Å². The summed E-state index contributed by atoms with van der Waals surface area (Å²) in [4.78, 5) is 0. The highest BCUT2D eigenvalue weighted by atomic mass is 79.9. The van der Waals surface area contributed by atoms with Crippen molar-refractivity contribution in [3.63, 3.8) is 0 Å². The molecule has 3 nitrogen and oxygen atoms in total. The Morgan fingerprint density at radius 1 is 1.17 bits per heavy atom. The third kappa shape index (κ3) is 2.74. The molecule has 4 heteroatoms. The van der Waals surface area contributed by atoms with Crippen molar-refractivity contribution in [1.82, 2.24) is 0 Å². The fourth-order valence-corrected chi connectivity index (χ4v) is 4.16. The topological polar surface area (TPSA) is 30.5 Å². The quantitative estimate of drug-likeness (QED) is 0.794. The maximum Gasteiger partial charge on any atom is 0.118 e. The molecule has 2 heterocycles. The first-order valence-electron chi connectivity index (χ1n) is 8.08. The number of hydrogen-bond donors (Lipinski definition) is 1. The van der Waals surface area contributed by atoms with Crippen LogP contribution in [0.2, 0.25) is 0 Å². The van der Waals surface area contributed by atoms with E-state index >= 15 is 0 Å². The van der Waals surface area contributed by atoms with Crippen LogP contribution in [0, 0.1) is 5.92 Å². The molecule has 1 N–H and O–H groups in total. The van der Waals surface area contributed by atoms with Crippen LogP contribution in [-0.2, 0) is 4.74 Å². The normalized spacial score (nSPS) is 25.9. The number of fused-ring (bicyclic) bond motifs is 3. The van der Waals surface area contributed by atoms with E-state index in [-0.39, 0.29) is 12.1 Å². The molecule has 120 valence electrons. The Morgan fingerprint density at radius 2 is 2.00 bits per heavy atom. The van der Waals surface area contributed by atoms with Gasteiger partial charge in [0.05, 0.1) is 19.3 Å². The Kier molecular flexibility index (Phi) is 4.04. The van der Waals surface area contributed by atoms with Crippen LogP contribution in [0.5, 0.6) is 5.75 Å². The summed E-state index contributed by atoms with van der Waals surface area (Å²) in [5.74, 6) is 1.35. The first kappa shape index (κ1) is 15.0. The Hall–Kier alpha value is -1.52. The summed E-state index contributed by atoms with van der Waals surface area (Å²) < 4.78 is 12.6. The standard InChI is InChI=1S/C19H20BrNO2/c1-22-14-7-4-12(5-8-14)18-15-3-2-10-23-19(15)16-11-13(20)6-9-17(16)21-18/h4-9,11,15,18-19,21H,2-3,10H2,1H3/t15-,18?,19-/m0/s1. The largest absolute Gasteiger partial charge is 0.497 e. The molecule has 1 saturated heterocycles. The second kappa shape index (κ2) is 6.17. The van der Waals surface area contributed by atoms with E-state index in [1.54, 1.807) is 7.11 Å². The molecule has 0 bridgehead atoms. The molecule has 4 rings (SSSR count). The monoisotopic (exact) mass is 373 g/mol. The van der Waals surface area contributed by atoms with Gasteiger partial charge in [-0.3, -0.25) is 0 Å². The third-order valence-corrected chi connectivity index (χ3v) is 5.40. The van der Waals surface area contributed by atoms with Gasteiger partial charge in [0, 0.05) is 28.2 Å². The molecule has 3 atom stereocenters. The van der Waals surface area contributed by atoms with E-state index in [0.29, 0.717) is 5.92 Å². The molecule has 0 radical (unpaired) electrons. The zero-order valence-corrected chi connectivity index (χ0v) is 14.7. The van der Waals surface area contributed by atoms with Crippen molar-refractivity contribution < 1.29 is 9.47 Å². The Balaban J connectivity index is 1.73. The number of rotatable bonds is 2. The van der Waals surface area contributed by atoms with Crippen LogP contribution in [-0.4, -0.2) is 13.7 Å². The van der Waals surface area contributed by atoms with Crippen LogP contribution in [0.25, 0.3) is 0 Å². The summed E-state index contributed by atoms with van der Waals surface area (Å²) in [7, 11) is 1.70. The summed E-state index contributed by atoms with van der Waals surface area (Å²) >= 11 is 3.59. The second-order valence-electron chi connectivity index (χ2n) is 6.22. The summed E-state index contributed by atoms with van der Waals surface area (Å²) in [6.07, 6.45) is 2.48. The lowest BCUT2D eigenvalue weighted by atomic mass is 9.77. The van der Waals surface area contributed by atoms with E-state index in [1.807, 2.05) is 12.1 Å². The highest BCUT2D eigenvalue weighted by Crippen LogP contribution is 2.49. The number of nitrogens with one attached hydrogen (secondary N) is 1. The third-order valence-electron chi connectivity index (χ3n) is 4.90. The number of benzene rings is 2. The van der Waals surface area contributed by atoms with E-state index in [9.17, 15) is 0 Å². The summed E-state index contributed by atoms with van der Waals surface area (Å²) in [5, 5.41) is 3.74. The highest BCUT2D eigenvalue weighted by Gasteiger charge is 2.39. The van der Waals surface area contributed by atoms with Gasteiger partial charge in [-0.05, 0) is 48.7 Å². The number of hydrogen-bond acceptors (Lipinski definition) is 3. The molecule has 2 aliphatic rings. The van der Waals surface area contributed by atoms with Crippen LogP contribution in [0.4, 0.5) is 5.69 Å². The zero-order valence-electron chi connectivity index (χ0n) is 13.1. The SMILES string of the molecule is COc1ccc(C2Nc3ccc(Br)cc3[C@H]3OCCC[C@@H]23)cc1. The smallest absolute Gasteiger partial charge is 0.118 e. The summed E-state index contributed by atoms with van der Waals surface area (Å²) in [5.41, 5.74) is 3.74. The minimum atomic E-state index is 0.171. The van der Waals surface area contributed by atoms with E-state index in [0.717, 1.165) is 23.2 Å². The Bertz CT molecular complexity index is 701. The van der Waals surface area contributed by atoms with Gasteiger partial charge in [0.25, 0.3) is 0 Å². The van der Waals surface area contributed by atoms with Crippen molar-refractivity contribution >= 4 is 21.6 Å². The summed E-state index contributed by atoms with van der Waals surface area (Å²) in [6.45, 7) is 0.850. The molecule has 0 saturated carbocycles. The Morgan fingerprint density at radius 3 is 2.78 bits per heavy atom. The Labute approximate surface area is 145 Å². The fraction of sp³-hybridized carbons (Fsp3) is 0.368. The molecule has 1 unspecified atom stereocenters. The molecule has 0 aromatic heterocycles. The van der Waals surface area contributed by atoms with Crippen LogP contribution in [0.3, 0.4) is 0 Å². The molecule has 23 heavy (non-hydrogen) atoms. The number of methoxy groups -OCH3 is 1. The van der Waals surface area contributed by atoms with E-state index < -0.39 is 0 Å². The molecule has 1 fully saturated rings. The number of ether oxygens (including phenoxy) is 2. The van der Waals surface area contributed by atoms with Crippen molar-refractivity contribution in [2.24, 2.45) is 5.92 Å². The first-order chi connectivity index (χ1) is 11.3. The molecule has 2 aliphatic heterocycles. The predicted octanol–water partition coefficient (Wildman–Crippen LogP) is 5.09. The minimum absolute atomic E-state index is 0.171. The van der Waals surface area contributed by atoms with Crippen LogP contribution < -0.4 is 10.1 Å². The van der Waals surface area contributed by atoms with E-state index in [4.69, 9.17) is 9.47 Å². The molecular formula is C19H20BrNO2. The van der Waals surface area contributed by atoms with Gasteiger partial charge in [-0.2, -0.15) is 0 Å². The van der Waals surface area contributed by atoms with Crippen LogP contribution in [0.15, 0.2) is 46.9 Å². The lowest BCUT2D eigenvalue weighted by molar-refractivity contribution is -0.0381. The maximum absolute atomic E-state index is 6.17. The van der Waals surface area contributed by atoms with Gasteiger partial charge in [-0.25, -0.2) is 0 Å². The number of anilines is 1. The molecule has 0 spiro atoms. The van der Waals surface area contributed by atoms with E-state index in [1.165, 1.54) is 23.2 Å². The van der Waals surface area contributed by atoms with Crippen molar-refractivity contribution in [2.75, 3.05) is 19.0 Å². The van der Waals surface area contributed by atoms with Gasteiger partial charge in [0.1, 0.15) is 5.75 Å². The average molecular weight is 374 g/mol. The van der Waals surface area contributed by atoms with Gasteiger partial charge >= 0.3 is 0 Å². The lowest BCUT2D eigenvalue weighted by Crippen LogP contribution is -2.35. The molecule has 2 aromatic carbocycles. The van der Waals surface area contributed by atoms with Gasteiger partial charge < -0.3 is 14.8 Å². The van der Waals surface area contributed by atoms with Crippen molar-refractivity contribution in [3.8, 4) is 5.75 Å². The molecule has 2 aromatic rings. The molecule has 0 aliphatic carbocycles. The van der Waals surface area contributed by atoms with Gasteiger partial charge in [-0.15, -0.1) is 0 Å². The summed E-state index contributed by atoms with van der Waals surface area (Å²) in [6, 6.07) is 15.1. The second-order valence-corrected chi connectivity index (χ2v) is 7.14. The molecular weight excluding hydrogens is 354 g/mol. The first-order valence-corrected chi connectivity index (χ1v) is 8.87. The average Bonchev–Trinajstić information content (AvgIpc) is 2.61. The van der Waals surface area contributed by atoms with Gasteiger partial charge in [-0.1, -0.05) is 28.1 Å². The van der Waals surface area contributed by atoms with Crippen LogP contribution in [0.1, 0.15) is 36.1 Å². The molecule has 0 amide bonds. The minimum Gasteiger partial charge on any atom is -0.497 e. The lowest BCUT2D eigenvalue weighted by Gasteiger charge is -2.43. The van der Waals surface area contributed by atoms with Crippen LogP contribution >= 0.6 is 15.9 Å². The van der Waals surface area contributed by atoms with E-state index in [2.05, 4.69) is 51.6 Å². The van der Waals surface area contributed by atoms with Gasteiger partial charge in [0.15, 0.2) is 0 Å². The van der Waals surface area contributed by atoms with Crippen molar-refractivity contribution in [3.05, 3.63) is 58.1 Å². The number of halogens is 1. The predicted molar refractivity (Wildman–Crippen MR) is 94.9 cm³/mol. The fourth-order valence-electron chi connectivity index (χ4n) is 3.78.